The molecule has 0 aromatic heterocycles. The first-order chi connectivity index (χ1) is 6.62. The molecule has 0 aromatic carbocycles. The van der Waals surface area contributed by atoms with Gasteiger partial charge in [-0.05, 0) is 39.9 Å². The molecule has 0 saturated carbocycles. The van der Waals surface area contributed by atoms with E-state index in [1.807, 2.05) is 0 Å². The summed E-state index contributed by atoms with van der Waals surface area (Å²) >= 11 is 0. The first-order valence-electron chi connectivity index (χ1n) is 6.05. The first kappa shape index (κ1) is 13.9. The van der Waals surface area contributed by atoms with Crippen LogP contribution in [0.2, 0.25) is 0 Å². The van der Waals surface area contributed by atoms with Crippen molar-refractivity contribution in [1.82, 2.24) is 10.2 Å². The molecule has 0 radical (unpaired) electrons. The Bertz CT molecular complexity index is 137. The third kappa shape index (κ3) is 2.48. The highest BCUT2D eigenvalue weighted by Gasteiger charge is 2.36. The number of hydrogen-bond acceptors (Lipinski definition) is 2. The van der Waals surface area contributed by atoms with Crippen LogP contribution in [-0.2, 0) is 0 Å². The van der Waals surface area contributed by atoms with Crippen molar-refractivity contribution in [2.24, 2.45) is 0 Å². The van der Waals surface area contributed by atoms with Crippen LogP contribution in [0, 0.1) is 0 Å². The van der Waals surface area contributed by atoms with Gasteiger partial charge >= 0.3 is 0 Å². The molecular weight excluding hydrogens is 172 g/mol. The Hall–Kier alpha value is -0.0800. The molecule has 0 aliphatic carbocycles. The fourth-order valence-corrected chi connectivity index (χ4v) is 2.71. The molecule has 0 aliphatic heterocycles. The predicted octanol–water partition coefficient (Wildman–Crippen LogP) is 2.49. The first-order valence-corrected chi connectivity index (χ1v) is 6.05. The summed E-state index contributed by atoms with van der Waals surface area (Å²) in [6, 6.07) is 0.553. The van der Waals surface area contributed by atoms with Gasteiger partial charge in [-0.25, -0.2) is 0 Å². The Morgan fingerprint density at radius 2 is 1.50 bits per heavy atom. The summed E-state index contributed by atoms with van der Waals surface area (Å²) in [4.78, 5) is 2.59. The van der Waals surface area contributed by atoms with E-state index in [0.717, 1.165) is 13.1 Å². The summed E-state index contributed by atoms with van der Waals surface area (Å²) in [6.45, 7) is 13.7. The van der Waals surface area contributed by atoms with Crippen molar-refractivity contribution in [2.45, 2.75) is 59.0 Å². The third-order valence-electron chi connectivity index (χ3n) is 3.86. The molecule has 2 nitrogen and oxygen atoms in total. The van der Waals surface area contributed by atoms with Gasteiger partial charge in [0.05, 0.1) is 0 Å². The number of nitrogens with one attached hydrogen (secondary N) is 1. The van der Waals surface area contributed by atoms with Crippen LogP contribution in [0.1, 0.15) is 47.5 Å². The smallest absolute Gasteiger partial charge is 0.0354 e. The molecule has 0 bridgehead atoms. The van der Waals surface area contributed by atoms with Crippen molar-refractivity contribution in [2.75, 3.05) is 20.1 Å². The second-order valence-electron chi connectivity index (χ2n) is 3.99. The molecule has 0 fully saturated rings. The summed E-state index contributed by atoms with van der Waals surface area (Å²) in [5.41, 5.74) is 0.332. The fourth-order valence-electron chi connectivity index (χ4n) is 2.71. The Morgan fingerprint density at radius 3 is 1.71 bits per heavy atom. The van der Waals surface area contributed by atoms with Gasteiger partial charge in [0.15, 0.2) is 0 Å². The molecule has 0 rings (SSSR count). The lowest BCUT2D eigenvalue weighted by Gasteiger charge is -2.46. The van der Waals surface area contributed by atoms with Gasteiger partial charge in [0.1, 0.15) is 0 Å². The van der Waals surface area contributed by atoms with Gasteiger partial charge in [-0.1, -0.05) is 27.7 Å². The zero-order valence-electron chi connectivity index (χ0n) is 10.9. The van der Waals surface area contributed by atoms with E-state index in [1.165, 1.54) is 12.8 Å². The average molecular weight is 200 g/mol. The Kier molecular flexibility index (Phi) is 6.38. The van der Waals surface area contributed by atoms with Gasteiger partial charge in [-0.3, -0.25) is 4.90 Å². The van der Waals surface area contributed by atoms with Gasteiger partial charge < -0.3 is 5.32 Å². The van der Waals surface area contributed by atoms with Crippen molar-refractivity contribution in [3.8, 4) is 0 Å². The van der Waals surface area contributed by atoms with E-state index in [-0.39, 0.29) is 0 Å². The maximum absolute atomic E-state index is 3.42. The van der Waals surface area contributed by atoms with Crippen LogP contribution in [0.25, 0.3) is 0 Å². The normalized spacial score (nSPS) is 14.8. The van der Waals surface area contributed by atoms with Crippen LogP contribution in [-0.4, -0.2) is 36.6 Å². The number of nitrogens with zero attached hydrogens (tertiary/aromatic N) is 1. The van der Waals surface area contributed by atoms with Crippen LogP contribution in [0.15, 0.2) is 0 Å². The van der Waals surface area contributed by atoms with E-state index in [4.69, 9.17) is 0 Å². The lowest BCUT2D eigenvalue weighted by molar-refractivity contribution is 0.0582. The van der Waals surface area contributed by atoms with Gasteiger partial charge in [0.25, 0.3) is 0 Å². The van der Waals surface area contributed by atoms with Crippen LogP contribution in [0.3, 0.4) is 0 Å². The Morgan fingerprint density at radius 1 is 1.07 bits per heavy atom. The predicted molar refractivity (Wildman–Crippen MR) is 64.8 cm³/mol. The number of rotatable bonds is 7. The lowest BCUT2D eigenvalue weighted by Crippen LogP contribution is -2.59. The molecule has 0 aromatic rings. The molecule has 2 heteroatoms. The van der Waals surface area contributed by atoms with E-state index >= 15 is 0 Å². The zero-order chi connectivity index (χ0) is 11.2. The molecule has 0 aliphatic rings. The third-order valence-corrected chi connectivity index (χ3v) is 3.86. The van der Waals surface area contributed by atoms with Crippen LogP contribution in [0.5, 0.6) is 0 Å². The highest BCUT2D eigenvalue weighted by molar-refractivity contribution is 4.95. The van der Waals surface area contributed by atoms with Crippen molar-refractivity contribution in [3.63, 3.8) is 0 Å². The average Bonchev–Trinajstić information content (AvgIpc) is 2.25. The summed E-state index contributed by atoms with van der Waals surface area (Å²) < 4.78 is 0. The molecule has 0 saturated heterocycles. The molecule has 14 heavy (non-hydrogen) atoms. The maximum atomic E-state index is 3.42. The second kappa shape index (κ2) is 6.41. The number of likely N-dealkylation sites (N-methyl/N-ethyl adjacent to an activating group) is 2. The van der Waals surface area contributed by atoms with Gasteiger partial charge in [0.2, 0.25) is 0 Å². The molecule has 0 amide bonds. The quantitative estimate of drug-likeness (QED) is 0.679. The Labute approximate surface area is 90.1 Å². The number of hydrogen-bond donors (Lipinski definition) is 1. The molecular formula is C12H28N2. The minimum Gasteiger partial charge on any atom is -0.315 e. The minimum atomic E-state index is 0.332. The molecule has 1 N–H and O–H groups in total. The molecule has 0 heterocycles. The van der Waals surface area contributed by atoms with Crippen LogP contribution < -0.4 is 5.32 Å². The standard InChI is InChI=1S/C12H28N2/c1-7-12(8-2,11(5)13-6)14(9-3)10-4/h11,13H,7-10H2,1-6H3. The summed E-state index contributed by atoms with van der Waals surface area (Å²) in [5.74, 6) is 0. The summed E-state index contributed by atoms with van der Waals surface area (Å²) in [5, 5.41) is 3.42. The van der Waals surface area contributed by atoms with E-state index in [0.29, 0.717) is 11.6 Å². The van der Waals surface area contributed by atoms with Crippen LogP contribution >= 0.6 is 0 Å². The van der Waals surface area contributed by atoms with Crippen molar-refractivity contribution in [3.05, 3.63) is 0 Å². The van der Waals surface area contributed by atoms with Crippen molar-refractivity contribution < 1.29 is 0 Å². The largest absolute Gasteiger partial charge is 0.315 e. The zero-order valence-corrected chi connectivity index (χ0v) is 10.9. The van der Waals surface area contributed by atoms with Gasteiger partial charge in [0, 0.05) is 11.6 Å². The molecule has 86 valence electrons. The van der Waals surface area contributed by atoms with E-state index < -0.39 is 0 Å². The fraction of sp³-hybridized carbons (Fsp3) is 1.00. The van der Waals surface area contributed by atoms with Crippen molar-refractivity contribution >= 4 is 0 Å². The second-order valence-corrected chi connectivity index (χ2v) is 3.99. The molecule has 0 spiro atoms. The highest BCUT2D eigenvalue weighted by Crippen LogP contribution is 2.27. The SMILES string of the molecule is CCN(CC)C(CC)(CC)C(C)NC. The topological polar surface area (TPSA) is 15.3 Å². The van der Waals surface area contributed by atoms with Gasteiger partial charge in [-0.2, -0.15) is 0 Å². The van der Waals surface area contributed by atoms with E-state index in [1.54, 1.807) is 0 Å². The lowest BCUT2D eigenvalue weighted by atomic mass is 9.83. The van der Waals surface area contributed by atoms with E-state index in [9.17, 15) is 0 Å². The minimum absolute atomic E-state index is 0.332. The molecule has 1 unspecified atom stereocenters. The highest BCUT2D eigenvalue weighted by atomic mass is 15.2. The van der Waals surface area contributed by atoms with E-state index in [2.05, 4.69) is 51.9 Å². The summed E-state index contributed by atoms with van der Waals surface area (Å²) in [7, 11) is 2.06. The monoisotopic (exact) mass is 200 g/mol. The Balaban J connectivity index is 4.83. The summed E-state index contributed by atoms with van der Waals surface area (Å²) in [6.07, 6.45) is 2.43. The van der Waals surface area contributed by atoms with Crippen molar-refractivity contribution in [1.29, 1.82) is 0 Å². The van der Waals surface area contributed by atoms with Gasteiger partial charge in [-0.15, -0.1) is 0 Å². The molecule has 1 atom stereocenters. The maximum Gasteiger partial charge on any atom is 0.0354 e. The van der Waals surface area contributed by atoms with Crippen LogP contribution in [0.4, 0.5) is 0 Å².